The third kappa shape index (κ3) is 4.61. The van der Waals surface area contributed by atoms with Gasteiger partial charge >= 0.3 is 0 Å². The first kappa shape index (κ1) is 27.8. The second-order valence-electron chi connectivity index (χ2n) is 11.5. The van der Waals surface area contributed by atoms with E-state index in [2.05, 4.69) is 12.2 Å². The van der Waals surface area contributed by atoms with Crippen LogP contribution >= 0.6 is 11.8 Å². The summed E-state index contributed by atoms with van der Waals surface area (Å²) in [7, 11) is 0. The normalized spacial score (nSPS) is 29.0. The van der Waals surface area contributed by atoms with E-state index >= 15 is 0 Å². The molecule has 4 heterocycles. The smallest absolute Gasteiger partial charge is 0.251 e. The Labute approximate surface area is 245 Å². The number of thioether (sulfide) groups is 1. The van der Waals surface area contributed by atoms with Gasteiger partial charge in [-0.3, -0.25) is 14.4 Å². The zero-order valence-electron chi connectivity index (χ0n) is 23.6. The number of likely N-dealkylation sites (tertiary alicyclic amines) is 1. The highest BCUT2D eigenvalue weighted by molar-refractivity contribution is 8.02. The van der Waals surface area contributed by atoms with Gasteiger partial charge in [-0.2, -0.15) is 0 Å². The van der Waals surface area contributed by atoms with Gasteiger partial charge in [-0.1, -0.05) is 54.6 Å². The number of unbranched alkanes of at least 4 members (excludes halogenated alkanes) is 2. The molecule has 5 atom stereocenters. The first-order chi connectivity index (χ1) is 19.9. The molecule has 0 aliphatic carbocycles. The van der Waals surface area contributed by atoms with E-state index in [1.165, 1.54) is 0 Å². The lowest BCUT2D eigenvalue weighted by atomic mass is 9.78. The van der Waals surface area contributed by atoms with Crippen molar-refractivity contribution in [3.8, 4) is 0 Å². The maximum Gasteiger partial charge on any atom is 0.251 e. The van der Waals surface area contributed by atoms with Crippen molar-refractivity contribution in [3.63, 3.8) is 0 Å². The standard InChI is InChI=1S/C33H37N3O4S/c1-22-14-15-23(2)25(21-22)35-19-10-16-33-28(31(39)36(29(33)32(35)40)17-7-4-8-20-37)27-26(41-33)13-9-18-34(30(27)38)24-11-5-3-6-12-24/h3,5-6,9-16,21,26-29,37H,4,7-8,17-20H2,1-2H3/t26-,27+,28-,29?,33-/m0/s1. The van der Waals surface area contributed by atoms with Gasteiger partial charge in [0.2, 0.25) is 11.8 Å². The molecule has 6 rings (SSSR count). The van der Waals surface area contributed by atoms with Crippen LogP contribution in [0.15, 0.2) is 72.8 Å². The molecule has 2 fully saturated rings. The van der Waals surface area contributed by atoms with Crippen molar-refractivity contribution >= 4 is 40.9 Å². The fourth-order valence-electron chi connectivity index (χ4n) is 7.01. The summed E-state index contributed by atoms with van der Waals surface area (Å²) in [5.41, 5.74) is 3.74. The van der Waals surface area contributed by atoms with Crippen LogP contribution in [0.1, 0.15) is 30.4 Å². The molecule has 214 valence electrons. The maximum atomic E-state index is 14.6. The van der Waals surface area contributed by atoms with Crippen LogP contribution in [0.25, 0.3) is 0 Å². The number of hydrogen-bond donors (Lipinski definition) is 1. The number of amides is 3. The average Bonchev–Trinajstić information content (AvgIpc) is 3.28. The summed E-state index contributed by atoms with van der Waals surface area (Å²) in [5, 5.41) is 9.12. The summed E-state index contributed by atoms with van der Waals surface area (Å²) < 4.78 is -0.841. The Hall–Kier alpha value is -3.36. The Bertz CT molecular complexity index is 1410. The number of fused-ring (bicyclic) bond motifs is 2. The molecule has 0 aromatic heterocycles. The molecule has 2 aromatic carbocycles. The number of nitrogens with zero attached hydrogens (tertiary/aromatic N) is 3. The number of anilines is 2. The second-order valence-corrected chi connectivity index (χ2v) is 13.0. The van der Waals surface area contributed by atoms with Crippen LogP contribution in [-0.4, -0.2) is 70.0 Å². The van der Waals surface area contributed by atoms with Gasteiger partial charge in [0.25, 0.3) is 5.91 Å². The zero-order valence-corrected chi connectivity index (χ0v) is 24.4. The molecule has 2 aromatic rings. The highest BCUT2D eigenvalue weighted by atomic mass is 32.2. The monoisotopic (exact) mass is 571 g/mol. The van der Waals surface area contributed by atoms with E-state index in [-0.39, 0.29) is 29.6 Å². The van der Waals surface area contributed by atoms with Crippen LogP contribution in [-0.2, 0) is 14.4 Å². The van der Waals surface area contributed by atoms with E-state index < -0.39 is 22.6 Å². The van der Waals surface area contributed by atoms with Crippen LogP contribution in [0.3, 0.4) is 0 Å². The number of rotatable bonds is 7. The fraction of sp³-hybridized carbons (Fsp3) is 0.424. The van der Waals surface area contributed by atoms with Gasteiger partial charge in [0.15, 0.2) is 0 Å². The number of hydrogen-bond acceptors (Lipinski definition) is 5. The Morgan fingerprint density at radius 2 is 1.68 bits per heavy atom. The van der Waals surface area contributed by atoms with Gasteiger partial charge in [-0.25, -0.2) is 0 Å². The Balaban J connectivity index is 1.42. The Morgan fingerprint density at radius 3 is 2.46 bits per heavy atom. The van der Waals surface area contributed by atoms with Crippen molar-refractivity contribution in [3.05, 3.63) is 84.0 Å². The number of aliphatic hydroxyl groups excluding tert-OH is 1. The van der Waals surface area contributed by atoms with E-state index in [0.717, 1.165) is 28.9 Å². The molecule has 2 saturated heterocycles. The number of carbonyl (C=O) groups excluding carboxylic acids is 3. The third-order valence-corrected chi connectivity index (χ3v) is 10.7. The SMILES string of the molecule is Cc1ccc(C)c(N2CC=C[C@]34S[C@H]5C=CCN(c6ccccc6)C(=O)[C@H]5[C@H]3C(=O)N(CCCCCO)C4C2=O)c1. The van der Waals surface area contributed by atoms with Crippen LogP contribution < -0.4 is 9.80 Å². The second kappa shape index (κ2) is 11.1. The zero-order chi connectivity index (χ0) is 28.7. The van der Waals surface area contributed by atoms with Crippen LogP contribution in [0, 0.1) is 25.7 Å². The molecule has 7 nitrogen and oxygen atoms in total. The number of para-hydroxylation sites is 1. The number of aliphatic hydroxyl groups is 1. The Morgan fingerprint density at radius 1 is 0.902 bits per heavy atom. The summed E-state index contributed by atoms with van der Waals surface area (Å²) in [6, 6.07) is 15.0. The molecule has 3 amide bonds. The van der Waals surface area contributed by atoms with E-state index in [4.69, 9.17) is 0 Å². The predicted molar refractivity (Wildman–Crippen MR) is 163 cm³/mol. The number of carbonyl (C=O) groups is 3. The van der Waals surface area contributed by atoms with Crippen molar-refractivity contribution in [2.75, 3.05) is 36.0 Å². The molecule has 1 N–H and O–H groups in total. The summed E-state index contributed by atoms with van der Waals surface area (Å²) >= 11 is 1.61. The van der Waals surface area contributed by atoms with Crippen molar-refractivity contribution in [1.82, 2.24) is 4.90 Å². The van der Waals surface area contributed by atoms with E-state index in [9.17, 15) is 19.5 Å². The van der Waals surface area contributed by atoms with Gasteiger partial charge in [0.05, 0.1) is 16.6 Å². The van der Waals surface area contributed by atoms with Gasteiger partial charge in [0.1, 0.15) is 6.04 Å². The van der Waals surface area contributed by atoms with Gasteiger partial charge in [-0.05, 0) is 62.4 Å². The minimum absolute atomic E-state index is 0.0636. The van der Waals surface area contributed by atoms with Crippen LogP contribution in [0.2, 0.25) is 0 Å². The molecule has 0 saturated carbocycles. The molecule has 0 radical (unpaired) electrons. The van der Waals surface area contributed by atoms with Crippen molar-refractivity contribution in [2.45, 2.75) is 49.1 Å². The topological polar surface area (TPSA) is 81.2 Å². The minimum atomic E-state index is -0.841. The number of aryl methyl sites for hydroxylation is 2. The highest BCUT2D eigenvalue weighted by Gasteiger charge is 2.71. The molecule has 8 heteroatoms. The van der Waals surface area contributed by atoms with Crippen molar-refractivity contribution in [2.24, 2.45) is 11.8 Å². The van der Waals surface area contributed by atoms with E-state index in [1.54, 1.807) is 21.6 Å². The summed E-state index contributed by atoms with van der Waals surface area (Å²) in [6.07, 6.45) is 10.3. The quantitative estimate of drug-likeness (QED) is 0.397. The first-order valence-electron chi connectivity index (χ1n) is 14.6. The van der Waals surface area contributed by atoms with Gasteiger partial charge < -0.3 is 19.8 Å². The summed E-state index contributed by atoms with van der Waals surface area (Å²) in [4.78, 5) is 48.7. The molecule has 41 heavy (non-hydrogen) atoms. The molecule has 1 unspecified atom stereocenters. The molecule has 4 aliphatic heterocycles. The van der Waals surface area contributed by atoms with Crippen molar-refractivity contribution in [1.29, 1.82) is 0 Å². The lowest BCUT2D eigenvalue weighted by Gasteiger charge is -2.35. The lowest BCUT2D eigenvalue weighted by Crippen LogP contribution is -2.53. The van der Waals surface area contributed by atoms with Crippen LogP contribution in [0.4, 0.5) is 11.4 Å². The Kier molecular flexibility index (Phi) is 7.55. The number of benzene rings is 2. The van der Waals surface area contributed by atoms with E-state index in [1.807, 2.05) is 79.4 Å². The largest absolute Gasteiger partial charge is 0.396 e. The predicted octanol–water partition coefficient (Wildman–Crippen LogP) is 4.27. The average molecular weight is 572 g/mol. The first-order valence-corrected chi connectivity index (χ1v) is 15.4. The fourth-order valence-corrected chi connectivity index (χ4v) is 9.02. The molecule has 4 aliphatic rings. The van der Waals surface area contributed by atoms with Gasteiger partial charge in [-0.15, -0.1) is 11.8 Å². The minimum Gasteiger partial charge on any atom is -0.396 e. The van der Waals surface area contributed by atoms with Gasteiger partial charge in [0, 0.05) is 42.9 Å². The van der Waals surface area contributed by atoms with Crippen LogP contribution in [0.5, 0.6) is 0 Å². The molecule has 0 bridgehead atoms. The van der Waals surface area contributed by atoms with Crippen molar-refractivity contribution < 1.29 is 19.5 Å². The molecule has 1 spiro atoms. The van der Waals surface area contributed by atoms with E-state index in [0.29, 0.717) is 32.5 Å². The third-order valence-electron chi connectivity index (χ3n) is 8.94. The highest BCUT2D eigenvalue weighted by Crippen LogP contribution is 2.61. The summed E-state index contributed by atoms with van der Waals surface area (Å²) in [5.74, 6) is -1.48. The maximum absolute atomic E-state index is 14.6. The lowest BCUT2D eigenvalue weighted by molar-refractivity contribution is -0.138. The molecular formula is C33H37N3O4S. The molecular weight excluding hydrogens is 534 g/mol. The summed E-state index contributed by atoms with van der Waals surface area (Å²) in [6.45, 7) is 5.41.